The maximum Gasteiger partial charge on any atom is 0.187 e. The molecule has 5 atom stereocenters. The summed E-state index contributed by atoms with van der Waals surface area (Å²) in [7, 11) is 0. The highest BCUT2D eigenvalue weighted by Gasteiger charge is 2.47. The van der Waals surface area contributed by atoms with Gasteiger partial charge in [0.1, 0.15) is 24.4 Å². The summed E-state index contributed by atoms with van der Waals surface area (Å²) in [5.41, 5.74) is -0.589. The Kier molecular flexibility index (Phi) is 6.41. The molecule has 0 aromatic carbocycles. The van der Waals surface area contributed by atoms with E-state index >= 15 is 0 Å². The van der Waals surface area contributed by atoms with E-state index in [0.29, 0.717) is 5.92 Å². The summed E-state index contributed by atoms with van der Waals surface area (Å²) in [5, 5.41) is 48.2. The smallest absolute Gasteiger partial charge is 0.187 e. The van der Waals surface area contributed by atoms with Crippen LogP contribution in [0.2, 0.25) is 0 Å². The molecule has 1 aliphatic carbocycles. The fourth-order valence-electron chi connectivity index (χ4n) is 3.60. The molecule has 1 saturated carbocycles. The zero-order valence-electron chi connectivity index (χ0n) is 13.8. The Bertz CT molecular complexity index is 365. The van der Waals surface area contributed by atoms with Crippen molar-refractivity contribution in [2.75, 3.05) is 13.2 Å². The third-order valence-corrected chi connectivity index (χ3v) is 5.36. The van der Waals surface area contributed by atoms with E-state index < -0.39 is 42.9 Å². The SMILES string of the molecule is CC(C)(O[C@@H]1O[C@H](CO)[C@@H](O)[C@H](O)[C@H]1O)C1CCC(CO)CC1. The lowest BCUT2D eigenvalue weighted by Crippen LogP contribution is -2.60. The van der Waals surface area contributed by atoms with E-state index in [2.05, 4.69) is 0 Å². The highest BCUT2D eigenvalue weighted by molar-refractivity contribution is 4.91. The first-order valence-corrected chi connectivity index (χ1v) is 8.39. The fraction of sp³-hybridized carbons (Fsp3) is 1.00. The van der Waals surface area contributed by atoms with Gasteiger partial charge in [0, 0.05) is 6.61 Å². The molecular weight excluding hydrogens is 304 g/mol. The van der Waals surface area contributed by atoms with Gasteiger partial charge in [-0.3, -0.25) is 0 Å². The van der Waals surface area contributed by atoms with Gasteiger partial charge in [-0.05, 0) is 51.4 Å². The first-order valence-electron chi connectivity index (χ1n) is 8.39. The number of rotatable bonds is 5. The van der Waals surface area contributed by atoms with Gasteiger partial charge in [0.25, 0.3) is 0 Å². The largest absolute Gasteiger partial charge is 0.396 e. The van der Waals surface area contributed by atoms with Crippen molar-refractivity contribution in [3.8, 4) is 0 Å². The van der Waals surface area contributed by atoms with Gasteiger partial charge >= 0.3 is 0 Å². The Morgan fingerprint density at radius 2 is 1.52 bits per heavy atom. The summed E-state index contributed by atoms with van der Waals surface area (Å²) in [6, 6.07) is 0. The second-order valence-corrected chi connectivity index (χ2v) is 7.32. The Morgan fingerprint density at radius 3 is 2.04 bits per heavy atom. The molecule has 0 amide bonds. The van der Waals surface area contributed by atoms with Crippen molar-refractivity contribution in [3.05, 3.63) is 0 Å². The van der Waals surface area contributed by atoms with Crippen LogP contribution in [-0.2, 0) is 9.47 Å². The van der Waals surface area contributed by atoms with Crippen LogP contribution in [0.25, 0.3) is 0 Å². The van der Waals surface area contributed by atoms with Crippen molar-refractivity contribution < 1.29 is 35.0 Å². The van der Waals surface area contributed by atoms with Crippen molar-refractivity contribution in [2.45, 2.75) is 75.8 Å². The predicted octanol–water partition coefficient (Wildman–Crippen LogP) is -0.620. The molecule has 2 fully saturated rings. The fourth-order valence-corrected chi connectivity index (χ4v) is 3.60. The monoisotopic (exact) mass is 334 g/mol. The molecule has 1 heterocycles. The Morgan fingerprint density at radius 1 is 0.913 bits per heavy atom. The normalized spacial score (nSPS) is 42.7. The van der Waals surface area contributed by atoms with Gasteiger partial charge < -0.3 is 35.0 Å². The van der Waals surface area contributed by atoms with Crippen LogP contribution < -0.4 is 0 Å². The Labute approximate surface area is 136 Å². The van der Waals surface area contributed by atoms with E-state index in [9.17, 15) is 25.5 Å². The van der Waals surface area contributed by atoms with Crippen LogP contribution in [0.5, 0.6) is 0 Å². The van der Waals surface area contributed by atoms with Crippen LogP contribution in [-0.4, -0.2) is 75.1 Å². The van der Waals surface area contributed by atoms with Crippen molar-refractivity contribution in [3.63, 3.8) is 0 Å². The summed E-state index contributed by atoms with van der Waals surface area (Å²) < 4.78 is 11.4. The molecule has 0 radical (unpaired) electrons. The number of aliphatic hydroxyl groups is 5. The Balaban J connectivity index is 1.98. The van der Waals surface area contributed by atoms with Crippen molar-refractivity contribution in [1.29, 1.82) is 0 Å². The lowest BCUT2D eigenvalue weighted by Gasteiger charge is -2.45. The van der Waals surface area contributed by atoms with Crippen LogP contribution >= 0.6 is 0 Å². The van der Waals surface area contributed by atoms with Crippen LogP contribution in [0.3, 0.4) is 0 Å². The van der Waals surface area contributed by atoms with E-state index in [1.54, 1.807) is 0 Å². The van der Waals surface area contributed by atoms with Crippen LogP contribution in [0, 0.1) is 11.8 Å². The lowest BCUT2D eigenvalue weighted by molar-refractivity contribution is -0.329. The molecule has 23 heavy (non-hydrogen) atoms. The maximum absolute atomic E-state index is 10.1. The maximum atomic E-state index is 10.1. The van der Waals surface area contributed by atoms with Crippen LogP contribution in [0.4, 0.5) is 0 Å². The average Bonchev–Trinajstić information content (AvgIpc) is 2.55. The third kappa shape index (κ3) is 4.22. The molecule has 2 rings (SSSR count). The molecule has 2 aliphatic rings. The van der Waals surface area contributed by atoms with Crippen molar-refractivity contribution in [1.82, 2.24) is 0 Å². The van der Waals surface area contributed by atoms with Gasteiger partial charge in [-0.15, -0.1) is 0 Å². The highest BCUT2D eigenvalue weighted by Crippen LogP contribution is 2.39. The molecule has 7 heteroatoms. The summed E-state index contributed by atoms with van der Waals surface area (Å²) >= 11 is 0. The minimum Gasteiger partial charge on any atom is -0.396 e. The molecule has 0 aromatic heterocycles. The Hall–Kier alpha value is -0.280. The molecule has 1 saturated heterocycles. The molecule has 5 N–H and O–H groups in total. The molecule has 0 unspecified atom stereocenters. The number of hydrogen-bond acceptors (Lipinski definition) is 7. The first kappa shape index (κ1) is 19.1. The van der Waals surface area contributed by atoms with Gasteiger partial charge in [-0.1, -0.05) is 0 Å². The van der Waals surface area contributed by atoms with E-state index in [0.717, 1.165) is 25.7 Å². The average molecular weight is 334 g/mol. The molecule has 0 spiro atoms. The summed E-state index contributed by atoms with van der Waals surface area (Å²) in [5.74, 6) is 0.590. The van der Waals surface area contributed by atoms with Gasteiger partial charge in [-0.25, -0.2) is 0 Å². The highest BCUT2D eigenvalue weighted by atomic mass is 16.7. The van der Waals surface area contributed by atoms with Crippen molar-refractivity contribution >= 4 is 0 Å². The first-order chi connectivity index (χ1) is 10.8. The number of aliphatic hydroxyl groups excluding tert-OH is 5. The van der Waals surface area contributed by atoms with Crippen LogP contribution in [0.1, 0.15) is 39.5 Å². The number of ether oxygens (including phenoxy) is 2. The zero-order valence-corrected chi connectivity index (χ0v) is 13.8. The lowest BCUT2D eigenvalue weighted by atomic mass is 9.75. The van der Waals surface area contributed by atoms with E-state index in [1.165, 1.54) is 0 Å². The molecule has 7 nitrogen and oxygen atoms in total. The topological polar surface area (TPSA) is 120 Å². The molecule has 0 aromatic rings. The minimum absolute atomic E-state index is 0.209. The van der Waals surface area contributed by atoms with Gasteiger partial charge in [0.05, 0.1) is 12.2 Å². The molecule has 0 bridgehead atoms. The molecule has 1 aliphatic heterocycles. The van der Waals surface area contributed by atoms with Gasteiger partial charge in [0.2, 0.25) is 0 Å². The predicted molar refractivity (Wildman–Crippen MR) is 81.5 cm³/mol. The quantitative estimate of drug-likeness (QED) is 0.454. The molecule has 136 valence electrons. The third-order valence-electron chi connectivity index (χ3n) is 5.36. The minimum atomic E-state index is -1.42. The number of hydrogen-bond donors (Lipinski definition) is 5. The second-order valence-electron chi connectivity index (χ2n) is 7.32. The van der Waals surface area contributed by atoms with Crippen LogP contribution in [0.15, 0.2) is 0 Å². The standard InChI is InChI=1S/C16H30O7/c1-16(2,10-5-3-9(7-17)4-6-10)23-15-14(21)13(20)12(19)11(8-18)22-15/h9-15,17-21H,3-8H2,1-2H3/t9?,10?,11-,12-,13+,14-,15+/m1/s1. The van der Waals surface area contributed by atoms with E-state index in [1.807, 2.05) is 13.8 Å². The second kappa shape index (κ2) is 7.74. The summed E-state index contributed by atoms with van der Waals surface area (Å²) in [4.78, 5) is 0. The zero-order chi connectivity index (χ0) is 17.2. The summed E-state index contributed by atoms with van der Waals surface area (Å²) in [6.45, 7) is 3.57. The molecular formula is C16H30O7. The van der Waals surface area contributed by atoms with Gasteiger partial charge in [0.15, 0.2) is 6.29 Å². The van der Waals surface area contributed by atoms with Crippen molar-refractivity contribution in [2.24, 2.45) is 11.8 Å². The van der Waals surface area contributed by atoms with E-state index in [4.69, 9.17) is 9.47 Å². The van der Waals surface area contributed by atoms with E-state index in [-0.39, 0.29) is 12.5 Å². The van der Waals surface area contributed by atoms with Gasteiger partial charge in [-0.2, -0.15) is 0 Å². The summed E-state index contributed by atoms with van der Waals surface area (Å²) in [6.07, 6.45) is -2.54.